The molecule has 1 N–H and O–H groups in total. The molecule has 1 amide bonds. The second-order valence-corrected chi connectivity index (χ2v) is 5.39. The number of aliphatic carboxylic acids is 1. The summed E-state index contributed by atoms with van der Waals surface area (Å²) in [5.74, 6) is -1.54. The minimum atomic E-state index is -0.861. The van der Waals surface area contributed by atoms with E-state index in [0.29, 0.717) is 13.0 Å². The zero-order valence-corrected chi connectivity index (χ0v) is 12.3. The van der Waals surface area contributed by atoms with Crippen molar-refractivity contribution in [2.75, 3.05) is 13.2 Å². The van der Waals surface area contributed by atoms with E-state index in [1.165, 1.54) is 12.1 Å². The minimum Gasteiger partial charge on any atom is -0.481 e. The van der Waals surface area contributed by atoms with Crippen LogP contribution in [0.1, 0.15) is 32.1 Å². The Morgan fingerprint density at radius 3 is 2.82 bits per heavy atom. The van der Waals surface area contributed by atoms with Gasteiger partial charge in [0.2, 0.25) is 0 Å². The highest BCUT2D eigenvalue weighted by Gasteiger charge is 2.27. The third-order valence-electron chi connectivity index (χ3n) is 3.83. The van der Waals surface area contributed by atoms with Crippen LogP contribution >= 0.6 is 0 Å². The van der Waals surface area contributed by atoms with Gasteiger partial charge < -0.3 is 14.7 Å². The van der Waals surface area contributed by atoms with Gasteiger partial charge in [0.1, 0.15) is 0 Å². The molecular weight excluding hydrogens is 289 g/mol. The van der Waals surface area contributed by atoms with Crippen molar-refractivity contribution in [1.29, 1.82) is 0 Å². The van der Waals surface area contributed by atoms with Crippen LogP contribution < -0.4 is 4.74 Å². The van der Waals surface area contributed by atoms with Crippen LogP contribution in [0.15, 0.2) is 24.3 Å². The molecule has 0 bridgehead atoms. The zero-order chi connectivity index (χ0) is 15.9. The quantitative estimate of drug-likeness (QED) is 0.876. The highest BCUT2D eigenvalue weighted by molar-refractivity contribution is 5.78. The van der Waals surface area contributed by atoms with Crippen LogP contribution in [-0.2, 0) is 9.59 Å². The molecule has 1 aromatic carbocycles. The Morgan fingerprint density at radius 1 is 1.32 bits per heavy atom. The molecule has 1 heterocycles. The average molecular weight is 309 g/mol. The number of carboxylic acids is 1. The van der Waals surface area contributed by atoms with Gasteiger partial charge in [-0.25, -0.2) is 4.39 Å². The summed E-state index contributed by atoms with van der Waals surface area (Å²) in [5, 5.41) is 8.78. The van der Waals surface area contributed by atoms with Gasteiger partial charge in [-0.15, -0.1) is 0 Å². The van der Waals surface area contributed by atoms with E-state index in [-0.39, 0.29) is 30.7 Å². The molecule has 5 nitrogen and oxygen atoms in total. The first-order valence-corrected chi connectivity index (χ1v) is 7.46. The smallest absolute Gasteiger partial charge is 0.303 e. The van der Waals surface area contributed by atoms with Crippen LogP contribution in [0.3, 0.4) is 0 Å². The molecule has 0 radical (unpaired) electrons. The summed E-state index contributed by atoms with van der Waals surface area (Å²) in [6, 6.07) is 5.87. The van der Waals surface area contributed by atoms with Crippen molar-refractivity contribution in [2.24, 2.45) is 0 Å². The molecule has 2 rings (SSSR count). The normalized spacial score (nSPS) is 18.0. The van der Waals surface area contributed by atoms with Crippen molar-refractivity contribution in [3.05, 3.63) is 30.1 Å². The van der Waals surface area contributed by atoms with Gasteiger partial charge >= 0.3 is 5.97 Å². The predicted octanol–water partition coefficient (Wildman–Crippen LogP) is 2.45. The fourth-order valence-electron chi connectivity index (χ4n) is 2.70. The van der Waals surface area contributed by atoms with Crippen LogP contribution in [0.4, 0.5) is 4.39 Å². The summed E-state index contributed by atoms with van der Waals surface area (Å²) in [7, 11) is 0. The molecule has 22 heavy (non-hydrogen) atoms. The van der Waals surface area contributed by atoms with Gasteiger partial charge in [-0.3, -0.25) is 9.59 Å². The average Bonchev–Trinajstić information content (AvgIpc) is 2.52. The number of para-hydroxylation sites is 1. The molecular formula is C16H20FNO4. The summed E-state index contributed by atoms with van der Waals surface area (Å²) in [5.41, 5.74) is 0. The molecule has 1 aromatic rings. The van der Waals surface area contributed by atoms with Crippen molar-refractivity contribution >= 4 is 11.9 Å². The van der Waals surface area contributed by atoms with E-state index >= 15 is 0 Å². The number of hydrogen-bond donors (Lipinski definition) is 1. The van der Waals surface area contributed by atoms with Crippen LogP contribution in [0.5, 0.6) is 5.75 Å². The van der Waals surface area contributed by atoms with Crippen molar-refractivity contribution < 1.29 is 23.8 Å². The number of rotatable bonds is 6. The molecule has 6 heteroatoms. The Morgan fingerprint density at radius 2 is 2.09 bits per heavy atom. The lowest BCUT2D eigenvalue weighted by molar-refractivity contribution is -0.141. The Kier molecular flexibility index (Phi) is 5.75. The van der Waals surface area contributed by atoms with Gasteiger partial charge in [-0.1, -0.05) is 12.1 Å². The summed E-state index contributed by atoms with van der Waals surface area (Å²) >= 11 is 0. The number of amides is 1. The third-order valence-corrected chi connectivity index (χ3v) is 3.83. The van der Waals surface area contributed by atoms with Crippen LogP contribution in [-0.4, -0.2) is 41.1 Å². The largest absolute Gasteiger partial charge is 0.481 e. The maximum absolute atomic E-state index is 13.5. The SMILES string of the molecule is O=C(O)CC[C@@H]1CCCCN1C(=O)COc1ccccc1F. The number of likely N-dealkylation sites (tertiary alicyclic amines) is 1. The van der Waals surface area contributed by atoms with E-state index in [9.17, 15) is 14.0 Å². The molecule has 0 spiro atoms. The number of ether oxygens (including phenoxy) is 1. The Bertz CT molecular complexity index is 535. The lowest BCUT2D eigenvalue weighted by atomic mass is 9.98. The second-order valence-electron chi connectivity index (χ2n) is 5.39. The zero-order valence-electron chi connectivity index (χ0n) is 12.3. The molecule has 120 valence electrons. The maximum Gasteiger partial charge on any atom is 0.303 e. The second kappa shape index (κ2) is 7.77. The number of carboxylic acid groups (broad SMARTS) is 1. The van der Waals surface area contributed by atoms with Gasteiger partial charge in [0, 0.05) is 19.0 Å². The molecule has 0 unspecified atom stereocenters. The lowest BCUT2D eigenvalue weighted by Crippen LogP contribution is -2.46. The van der Waals surface area contributed by atoms with Crippen molar-refractivity contribution in [3.8, 4) is 5.75 Å². The topological polar surface area (TPSA) is 66.8 Å². The Hall–Kier alpha value is -2.11. The molecule has 1 fully saturated rings. The number of benzene rings is 1. The van der Waals surface area contributed by atoms with Crippen LogP contribution in [0.25, 0.3) is 0 Å². The van der Waals surface area contributed by atoms with E-state index in [0.717, 1.165) is 19.3 Å². The minimum absolute atomic E-state index is 0.0443. The van der Waals surface area contributed by atoms with Crippen molar-refractivity contribution in [3.63, 3.8) is 0 Å². The van der Waals surface area contributed by atoms with Gasteiger partial charge in [-0.05, 0) is 37.8 Å². The predicted molar refractivity (Wildman–Crippen MR) is 78.1 cm³/mol. The summed E-state index contributed by atoms with van der Waals surface area (Å²) in [6.45, 7) is 0.369. The van der Waals surface area contributed by atoms with E-state index in [1.54, 1.807) is 17.0 Å². The van der Waals surface area contributed by atoms with Gasteiger partial charge in [0.15, 0.2) is 18.2 Å². The molecule has 1 saturated heterocycles. The third kappa shape index (κ3) is 4.44. The number of carbonyl (C=O) groups is 2. The van der Waals surface area contributed by atoms with E-state index in [1.807, 2.05) is 0 Å². The fourth-order valence-corrected chi connectivity index (χ4v) is 2.70. The summed E-state index contributed by atoms with van der Waals surface area (Å²) < 4.78 is 18.7. The molecule has 0 aliphatic carbocycles. The molecule has 1 aliphatic rings. The summed E-state index contributed by atoms with van der Waals surface area (Å²) in [6.07, 6.45) is 3.18. The Balaban J connectivity index is 1.91. The van der Waals surface area contributed by atoms with E-state index in [2.05, 4.69) is 0 Å². The first-order valence-electron chi connectivity index (χ1n) is 7.46. The number of halogens is 1. The summed E-state index contributed by atoms with van der Waals surface area (Å²) in [4.78, 5) is 24.6. The number of carbonyl (C=O) groups excluding carboxylic acids is 1. The Labute approximate surface area is 128 Å². The molecule has 0 aromatic heterocycles. The lowest BCUT2D eigenvalue weighted by Gasteiger charge is -2.35. The van der Waals surface area contributed by atoms with Crippen molar-refractivity contribution in [2.45, 2.75) is 38.1 Å². The number of nitrogens with zero attached hydrogens (tertiary/aromatic N) is 1. The van der Waals surface area contributed by atoms with Crippen LogP contribution in [0, 0.1) is 5.82 Å². The first kappa shape index (κ1) is 16.3. The van der Waals surface area contributed by atoms with Gasteiger partial charge in [-0.2, -0.15) is 0 Å². The number of hydrogen-bond acceptors (Lipinski definition) is 3. The first-order chi connectivity index (χ1) is 10.6. The van der Waals surface area contributed by atoms with Crippen LogP contribution in [0.2, 0.25) is 0 Å². The molecule has 1 atom stereocenters. The van der Waals surface area contributed by atoms with Crippen molar-refractivity contribution in [1.82, 2.24) is 4.90 Å². The van der Waals surface area contributed by atoms with E-state index in [4.69, 9.17) is 9.84 Å². The molecule has 1 aliphatic heterocycles. The van der Waals surface area contributed by atoms with Gasteiger partial charge in [0.25, 0.3) is 5.91 Å². The maximum atomic E-state index is 13.5. The van der Waals surface area contributed by atoms with E-state index < -0.39 is 11.8 Å². The fraction of sp³-hybridized carbons (Fsp3) is 0.500. The monoisotopic (exact) mass is 309 g/mol. The highest BCUT2D eigenvalue weighted by atomic mass is 19.1. The standard InChI is InChI=1S/C16H20FNO4/c17-13-6-1-2-7-14(13)22-11-15(19)18-10-4-3-5-12(18)8-9-16(20)21/h1-2,6-7,12H,3-5,8-11H2,(H,20,21)/t12-/m0/s1. The van der Waals surface area contributed by atoms with Gasteiger partial charge in [0.05, 0.1) is 0 Å². The highest BCUT2D eigenvalue weighted by Crippen LogP contribution is 2.22. The molecule has 0 saturated carbocycles. The number of piperidine rings is 1.